The van der Waals surface area contributed by atoms with Crippen molar-refractivity contribution in [2.24, 2.45) is 10.7 Å². The predicted octanol–water partition coefficient (Wildman–Crippen LogP) is 3.53. The third kappa shape index (κ3) is 4.27. The summed E-state index contributed by atoms with van der Waals surface area (Å²) in [6, 6.07) is 6.01. The number of alkyl halides is 3. The Kier molecular flexibility index (Phi) is 5.38. The van der Waals surface area contributed by atoms with Crippen LogP contribution >= 0.6 is 0 Å². The Labute approximate surface area is 162 Å². The average molecular weight is 410 g/mol. The molecule has 152 valence electrons. The number of halogens is 5. The summed E-state index contributed by atoms with van der Waals surface area (Å²) in [5, 5.41) is 1.16. The first kappa shape index (κ1) is 20.5. The maximum atomic E-state index is 13.3. The first-order chi connectivity index (χ1) is 13.6. The molecule has 0 unspecified atom stereocenters. The molecule has 1 aliphatic rings. The highest BCUT2D eigenvalue weighted by atomic mass is 19.4. The van der Waals surface area contributed by atoms with Crippen LogP contribution in [0.25, 0.3) is 5.70 Å². The maximum Gasteiger partial charge on any atom is 0.416 e. The second kappa shape index (κ2) is 7.63. The molecule has 2 aromatic rings. The van der Waals surface area contributed by atoms with Crippen molar-refractivity contribution in [1.29, 1.82) is 0 Å². The molecular formula is C19H15F5N4O. The van der Waals surface area contributed by atoms with Crippen LogP contribution in [0.15, 0.2) is 48.0 Å². The number of nitrogens with one attached hydrogen (secondary N) is 1. The Morgan fingerprint density at radius 1 is 1.14 bits per heavy atom. The fourth-order valence-corrected chi connectivity index (χ4v) is 2.78. The lowest BCUT2D eigenvalue weighted by Gasteiger charge is -2.32. The van der Waals surface area contributed by atoms with Crippen LogP contribution in [0.4, 0.5) is 27.6 Å². The summed E-state index contributed by atoms with van der Waals surface area (Å²) in [5.74, 6) is -2.66. The van der Waals surface area contributed by atoms with Crippen molar-refractivity contribution in [3.8, 4) is 0 Å². The predicted molar refractivity (Wildman–Crippen MR) is 96.7 cm³/mol. The van der Waals surface area contributed by atoms with Crippen LogP contribution in [-0.2, 0) is 17.4 Å². The quantitative estimate of drug-likeness (QED) is 0.758. The number of hydrogen-bond donors (Lipinski definition) is 2. The molecule has 0 aromatic heterocycles. The van der Waals surface area contributed by atoms with Gasteiger partial charge in [0.05, 0.1) is 29.9 Å². The van der Waals surface area contributed by atoms with Gasteiger partial charge in [-0.1, -0.05) is 18.7 Å². The number of carbonyl (C=O) groups is 1. The van der Waals surface area contributed by atoms with Gasteiger partial charge >= 0.3 is 6.18 Å². The van der Waals surface area contributed by atoms with E-state index in [9.17, 15) is 26.7 Å². The van der Waals surface area contributed by atoms with Crippen LogP contribution in [0.5, 0.6) is 0 Å². The SMILES string of the molecule is C=C1c2ccc(C(F)(F)F)cc2N=C(CN)N1NC(=O)Cc1ccc(F)c(F)c1. The molecule has 0 saturated heterocycles. The summed E-state index contributed by atoms with van der Waals surface area (Å²) in [6.45, 7) is 3.60. The van der Waals surface area contributed by atoms with Gasteiger partial charge in [0, 0.05) is 5.56 Å². The van der Waals surface area contributed by atoms with Crippen molar-refractivity contribution < 1.29 is 26.7 Å². The van der Waals surface area contributed by atoms with Gasteiger partial charge in [0.25, 0.3) is 0 Å². The molecule has 0 fully saturated rings. The number of nitrogens with two attached hydrogens (primary N) is 1. The lowest BCUT2D eigenvalue weighted by Crippen LogP contribution is -2.48. The van der Waals surface area contributed by atoms with Gasteiger partial charge in [-0.05, 0) is 29.8 Å². The van der Waals surface area contributed by atoms with E-state index in [4.69, 9.17) is 5.73 Å². The van der Waals surface area contributed by atoms with Crippen LogP contribution in [0, 0.1) is 11.6 Å². The molecule has 3 N–H and O–H groups in total. The Morgan fingerprint density at radius 2 is 1.86 bits per heavy atom. The van der Waals surface area contributed by atoms with Crippen molar-refractivity contribution in [1.82, 2.24) is 10.4 Å². The second-order valence-corrected chi connectivity index (χ2v) is 6.20. The minimum Gasteiger partial charge on any atom is -0.324 e. The zero-order chi connectivity index (χ0) is 21.3. The van der Waals surface area contributed by atoms with Crippen molar-refractivity contribution in [3.05, 3.63) is 71.3 Å². The molecule has 0 spiro atoms. The molecule has 10 heteroatoms. The van der Waals surface area contributed by atoms with E-state index in [1.807, 2.05) is 0 Å². The summed E-state index contributed by atoms with van der Waals surface area (Å²) in [7, 11) is 0. The molecule has 0 aliphatic carbocycles. The number of aliphatic imine (C=N–C) groups is 1. The Balaban J connectivity index is 1.83. The highest BCUT2D eigenvalue weighted by molar-refractivity contribution is 6.00. The molecule has 1 heterocycles. The Bertz CT molecular complexity index is 1020. The molecule has 1 aliphatic heterocycles. The van der Waals surface area contributed by atoms with Crippen molar-refractivity contribution in [3.63, 3.8) is 0 Å². The fourth-order valence-electron chi connectivity index (χ4n) is 2.78. The van der Waals surface area contributed by atoms with Gasteiger partial charge in [-0.25, -0.2) is 18.8 Å². The van der Waals surface area contributed by atoms with Crippen molar-refractivity contribution >= 4 is 23.1 Å². The number of amides is 1. The molecule has 0 saturated carbocycles. The van der Waals surface area contributed by atoms with E-state index in [2.05, 4.69) is 17.0 Å². The van der Waals surface area contributed by atoms with E-state index in [0.717, 1.165) is 29.3 Å². The van der Waals surface area contributed by atoms with Crippen LogP contribution in [0.3, 0.4) is 0 Å². The number of nitrogens with zero attached hydrogens (tertiary/aromatic N) is 2. The lowest BCUT2D eigenvalue weighted by atomic mass is 10.0. The summed E-state index contributed by atoms with van der Waals surface area (Å²) in [4.78, 5) is 16.4. The van der Waals surface area contributed by atoms with E-state index < -0.39 is 29.3 Å². The molecule has 3 rings (SSSR count). The lowest BCUT2D eigenvalue weighted by molar-refractivity contribution is -0.137. The monoisotopic (exact) mass is 410 g/mol. The van der Waals surface area contributed by atoms with E-state index in [1.54, 1.807) is 0 Å². The van der Waals surface area contributed by atoms with Crippen molar-refractivity contribution in [2.75, 3.05) is 6.54 Å². The number of fused-ring (bicyclic) bond motifs is 1. The fraction of sp³-hybridized carbons (Fsp3) is 0.158. The van der Waals surface area contributed by atoms with E-state index in [-0.39, 0.29) is 41.3 Å². The zero-order valence-corrected chi connectivity index (χ0v) is 14.9. The standard InChI is InChI=1S/C19H15F5N4O/c1-10-13-4-3-12(19(22,23)24)8-16(13)26-17(9-25)28(10)27-18(29)7-11-2-5-14(20)15(21)6-11/h2-6,8H,1,7,9,25H2,(H,27,29). The van der Waals surface area contributed by atoms with Gasteiger partial charge in [-0.15, -0.1) is 0 Å². The van der Waals surface area contributed by atoms with E-state index in [0.29, 0.717) is 0 Å². The molecule has 2 aromatic carbocycles. The van der Waals surface area contributed by atoms with Gasteiger partial charge in [0.15, 0.2) is 11.6 Å². The smallest absolute Gasteiger partial charge is 0.324 e. The summed E-state index contributed by atoms with van der Waals surface area (Å²) >= 11 is 0. The minimum atomic E-state index is -4.54. The molecule has 0 bridgehead atoms. The van der Waals surface area contributed by atoms with Gasteiger partial charge in [0.2, 0.25) is 5.91 Å². The number of amidine groups is 1. The average Bonchev–Trinajstić information content (AvgIpc) is 2.65. The summed E-state index contributed by atoms with van der Waals surface area (Å²) in [5.41, 5.74) is 7.93. The molecule has 0 atom stereocenters. The second-order valence-electron chi connectivity index (χ2n) is 6.20. The first-order valence-electron chi connectivity index (χ1n) is 8.32. The largest absolute Gasteiger partial charge is 0.416 e. The highest BCUT2D eigenvalue weighted by Crippen LogP contribution is 2.37. The van der Waals surface area contributed by atoms with Gasteiger partial charge < -0.3 is 5.73 Å². The van der Waals surface area contributed by atoms with E-state index in [1.165, 1.54) is 12.1 Å². The molecule has 0 radical (unpaired) electrons. The van der Waals surface area contributed by atoms with E-state index >= 15 is 0 Å². The van der Waals surface area contributed by atoms with Crippen LogP contribution < -0.4 is 11.2 Å². The molecule has 5 nitrogen and oxygen atoms in total. The summed E-state index contributed by atoms with van der Waals surface area (Å²) in [6.07, 6.45) is -4.82. The molecule has 1 amide bonds. The molecule has 29 heavy (non-hydrogen) atoms. The number of hydrogen-bond acceptors (Lipinski definition) is 4. The maximum absolute atomic E-state index is 13.3. The van der Waals surface area contributed by atoms with Gasteiger partial charge in [-0.2, -0.15) is 13.2 Å². The van der Waals surface area contributed by atoms with Gasteiger partial charge in [0.1, 0.15) is 5.84 Å². The zero-order valence-electron chi connectivity index (χ0n) is 14.9. The third-order valence-corrected chi connectivity index (χ3v) is 4.18. The Hall–Kier alpha value is -3.27. The van der Waals surface area contributed by atoms with Crippen LogP contribution in [0.2, 0.25) is 0 Å². The molecular weight excluding hydrogens is 395 g/mol. The number of carbonyl (C=O) groups excluding carboxylic acids is 1. The Morgan fingerprint density at radius 3 is 2.48 bits per heavy atom. The normalized spacial score (nSPS) is 13.8. The van der Waals surface area contributed by atoms with Gasteiger partial charge in [-0.3, -0.25) is 10.2 Å². The number of benzene rings is 2. The van der Waals surface area contributed by atoms with Crippen molar-refractivity contribution in [2.45, 2.75) is 12.6 Å². The first-order valence-corrected chi connectivity index (χ1v) is 8.32. The number of rotatable bonds is 4. The third-order valence-electron chi connectivity index (χ3n) is 4.18. The number of hydrazine groups is 1. The topological polar surface area (TPSA) is 70.7 Å². The van der Waals surface area contributed by atoms with Crippen LogP contribution in [0.1, 0.15) is 16.7 Å². The summed E-state index contributed by atoms with van der Waals surface area (Å²) < 4.78 is 65.1. The highest BCUT2D eigenvalue weighted by Gasteiger charge is 2.33. The minimum absolute atomic E-state index is 0.0244. The van der Waals surface area contributed by atoms with Crippen LogP contribution in [-0.4, -0.2) is 23.3 Å².